The number of rotatable bonds is 5. The van der Waals surface area contributed by atoms with Gasteiger partial charge in [-0.25, -0.2) is 0 Å². The summed E-state index contributed by atoms with van der Waals surface area (Å²) in [6.07, 6.45) is 2.55. The Morgan fingerprint density at radius 2 is 2.16 bits per heavy atom. The number of nitrogens with zero attached hydrogens (tertiary/aromatic N) is 4. The molecule has 1 aromatic carbocycles. The summed E-state index contributed by atoms with van der Waals surface area (Å²) in [4.78, 5) is 9.97. The van der Waals surface area contributed by atoms with Crippen LogP contribution in [0.3, 0.4) is 0 Å². The van der Waals surface area contributed by atoms with Crippen LogP contribution in [0.4, 0.5) is 5.69 Å². The van der Waals surface area contributed by atoms with E-state index in [1.54, 1.807) is 24.3 Å². The fourth-order valence-corrected chi connectivity index (χ4v) is 1.45. The van der Waals surface area contributed by atoms with Crippen LogP contribution in [-0.2, 0) is 6.54 Å². The van der Waals surface area contributed by atoms with E-state index >= 15 is 0 Å². The SMILES string of the molecule is N#Cc1ccc(OCCn2cc([N+](=O)[O-])cn2)cc1. The normalized spacial score (nSPS) is 9.84. The van der Waals surface area contributed by atoms with Gasteiger partial charge in [-0.2, -0.15) is 10.4 Å². The molecule has 7 heteroatoms. The van der Waals surface area contributed by atoms with E-state index in [4.69, 9.17) is 10.00 Å². The molecule has 0 N–H and O–H groups in total. The van der Waals surface area contributed by atoms with Gasteiger partial charge in [-0.15, -0.1) is 0 Å². The lowest BCUT2D eigenvalue weighted by Crippen LogP contribution is -2.08. The molecule has 7 nitrogen and oxygen atoms in total. The van der Waals surface area contributed by atoms with Crippen LogP contribution in [-0.4, -0.2) is 21.3 Å². The molecule has 0 fully saturated rings. The van der Waals surface area contributed by atoms with E-state index < -0.39 is 4.92 Å². The predicted octanol–water partition coefficient (Wildman–Crippen LogP) is 1.74. The lowest BCUT2D eigenvalue weighted by molar-refractivity contribution is -0.385. The van der Waals surface area contributed by atoms with Crippen LogP contribution >= 0.6 is 0 Å². The van der Waals surface area contributed by atoms with Gasteiger partial charge < -0.3 is 4.74 Å². The number of nitro groups is 1. The summed E-state index contributed by atoms with van der Waals surface area (Å²) in [5.41, 5.74) is 0.522. The van der Waals surface area contributed by atoms with Crippen LogP contribution in [0, 0.1) is 21.4 Å². The molecule has 0 amide bonds. The molecular weight excluding hydrogens is 248 g/mol. The Kier molecular flexibility index (Phi) is 3.73. The van der Waals surface area contributed by atoms with E-state index in [9.17, 15) is 10.1 Å². The minimum Gasteiger partial charge on any atom is -0.492 e. The third-order valence-corrected chi connectivity index (χ3v) is 2.40. The molecule has 2 rings (SSSR count). The van der Waals surface area contributed by atoms with Crippen molar-refractivity contribution in [3.8, 4) is 11.8 Å². The maximum atomic E-state index is 10.5. The third kappa shape index (κ3) is 3.29. The number of benzene rings is 1. The number of ether oxygens (including phenoxy) is 1. The molecule has 0 aliphatic rings. The number of hydrogen-bond donors (Lipinski definition) is 0. The summed E-state index contributed by atoms with van der Waals surface area (Å²) in [6.45, 7) is 0.749. The molecule has 0 aliphatic heterocycles. The summed E-state index contributed by atoms with van der Waals surface area (Å²) in [5, 5.41) is 23.0. The second-order valence-electron chi connectivity index (χ2n) is 3.70. The zero-order valence-corrected chi connectivity index (χ0v) is 9.89. The molecule has 1 aromatic heterocycles. The Morgan fingerprint density at radius 1 is 1.42 bits per heavy atom. The van der Waals surface area contributed by atoms with Gasteiger partial charge in [0.1, 0.15) is 24.8 Å². The van der Waals surface area contributed by atoms with Gasteiger partial charge in [-0.3, -0.25) is 14.8 Å². The molecule has 19 heavy (non-hydrogen) atoms. The standard InChI is InChI=1S/C12H10N4O3/c13-7-10-1-3-12(4-2-10)19-6-5-15-9-11(8-14-15)16(17)18/h1-4,8-9H,5-6H2. The largest absolute Gasteiger partial charge is 0.492 e. The van der Waals surface area contributed by atoms with Gasteiger partial charge in [-0.1, -0.05) is 0 Å². The first-order chi connectivity index (χ1) is 9.19. The molecule has 0 saturated carbocycles. The predicted molar refractivity (Wildman–Crippen MR) is 65.5 cm³/mol. The molecule has 0 saturated heterocycles. The first kappa shape index (κ1) is 12.6. The van der Waals surface area contributed by atoms with E-state index in [0.29, 0.717) is 24.5 Å². The Morgan fingerprint density at radius 3 is 2.74 bits per heavy atom. The van der Waals surface area contributed by atoms with E-state index in [1.165, 1.54) is 17.1 Å². The number of hydrogen-bond acceptors (Lipinski definition) is 5. The van der Waals surface area contributed by atoms with Crippen LogP contribution in [0.1, 0.15) is 5.56 Å². The van der Waals surface area contributed by atoms with Crippen molar-refractivity contribution in [2.24, 2.45) is 0 Å². The van der Waals surface area contributed by atoms with E-state index in [-0.39, 0.29) is 5.69 Å². The molecule has 0 radical (unpaired) electrons. The fraction of sp³-hybridized carbons (Fsp3) is 0.167. The summed E-state index contributed by atoms with van der Waals surface area (Å²) >= 11 is 0. The third-order valence-electron chi connectivity index (χ3n) is 2.40. The molecule has 0 atom stereocenters. The zero-order chi connectivity index (χ0) is 13.7. The minimum absolute atomic E-state index is 0.0432. The molecule has 0 unspecified atom stereocenters. The summed E-state index contributed by atoms with van der Waals surface area (Å²) in [5.74, 6) is 0.639. The maximum absolute atomic E-state index is 10.5. The zero-order valence-electron chi connectivity index (χ0n) is 9.89. The highest BCUT2D eigenvalue weighted by atomic mass is 16.6. The molecule has 0 aliphatic carbocycles. The Hall–Kier alpha value is -2.88. The van der Waals surface area contributed by atoms with Crippen LogP contribution in [0.2, 0.25) is 0 Å². The first-order valence-electron chi connectivity index (χ1n) is 5.49. The molecule has 0 spiro atoms. The average Bonchev–Trinajstić information content (AvgIpc) is 2.89. The van der Waals surface area contributed by atoms with Gasteiger partial charge in [0.15, 0.2) is 0 Å². The quantitative estimate of drug-likeness (QED) is 0.601. The van der Waals surface area contributed by atoms with Crippen LogP contribution in [0.15, 0.2) is 36.7 Å². The molecule has 1 heterocycles. The van der Waals surface area contributed by atoms with Gasteiger partial charge in [0, 0.05) is 0 Å². The second kappa shape index (κ2) is 5.64. The monoisotopic (exact) mass is 258 g/mol. The van der Waals surface area contributed by atoms with Crippen molar-refractivity contribution < 1.29 is 9.66 Å². The van der Waals surface area contributed by atoms with Crippen molar-refractivity contribution in [2.45, 2.75) is 6.54 Å². The van der Waals surface area contributed by atoms with Crippen molar-refractivity contribution >= 4 is 5.69 Å². The highest BCUT2D eigenvalue weighted by molar-refractivity contribution is 5.34. The molecular formula is C12H10N4O3. The fourth-order valence-electron chi connectivity index (χ4n) is 1.45. The van der Waals surface area contributed by atoms with Gasteiger partial charge in [0.2, 0.25) is 0 Å². The smallest absolute Gasteiger partial charge is 0.306 e. The lowest BCUT2D eigenvalue weighted by atomic mass is 10.2. The second-order valence-corrected chi connectivity index (χ2v) is 3.70. The van der Waals surface area contributed by atoms with E-state index in [0.717, 1.165) is 0 Å². The maximum Gasteiger partial charge on any atom is 0.306 e. The Balaban J connectivity index is 1.85. The van der Waals surface area contributed by atoms with Gasteiger partial charge in [-0.05, 0) is 24.3 Å². The van der Waals surface area contributed by atoms with Gasteiger partial charge in [0.25, 0.3) is 0 Å². The van der Waals surface area contributed by atoms with E-state index in [2.05, 4.69) is 5.10 Å². The van der Waals surface area contributed by atoms with Crippen LogP contribution < -0.4 is 4.74 Å². The first-order valence-corrected chi connectivity index (χ1v) is 5.49. The van der Waals surface area contributed by atoms with Crippen molar-refractivity contribution in [1.29, 1.82) is 5.26 Å². The Bertz CT molecular complexity index is 613. The van der Waals surface area contributed by atoms with Gasteiger partial charge in [0.05, 0.1) is 23.1 Å². The van der Waals surface area contributed by atoms with Crippen molar-refractivity contribution in [2.75, 3.05) is 6.61 Å². The van der Waals surface area contributed by atoms with Crippen LogP contribution in [0.5, 0.6) is 5.75 Å². The van der Waals surface area contributed by atoms with E-state index in [1.807, 2.05) is 6.07 Å². The van der Waals surface area contributed by atoms with Crippen LogP contribution in [0.25, 0.3) is 0 Å². The topological polar surface area (TPSA) is 94.0 Å². The summed E-state index contributed by atoms with van der Waals surface area (Å²) in [7, 11) is 0. The highest BCUT2D eigenvalue weighted by Gasteiger charge is 2.08. The van der Waals surface area contributed by atoms with Crippen molar-refractivity contribution in [1.82, 2.24) is 9.78 Å². The molecule has 2 aromatic rings. The van der Waals surface area contributed by atoms with Crippen molar-refractivity contribution in [3.05, 3.63) is 52.3 Å². The average molecular weight is 258 g/mol. The minimum atomic E-state index is -0.495. The van der Waals surface area contributed by atoms with Crippen molar-refractivity contribution in [3.63, 3.8) is 0 Å². The summed E-state index contributed by atoms with van der Waals surface area (Å²) < 4.78 is 6.89. The molecule has 0 bridgehead atoms. The summed E-state index contributed by atoms with van der Waals surface area (Å²) in [6, 6.07) is 8.73. The lowest BCUT2D eigenvalue weighted by Gasteiger charge is -2.05. The Labute approximate surface area is 108 Å². The number of aromatic nitrogens is 2. The molecule has 96 valence electrons. The van der Waals surface area contributed by atoms with Gasteiger partial charge >= 0.3 is 5.69 Å². The highest BCUT2D eigenvalue weighted by Crippen LogP contribution is 2.12. The number of nitriles is 1.